The molecule has 1 aliphatic heterocycles. The second kappa shape index (κ2) is 8.24. The molecule has 27 heavy (non-hydrogen) atoms. The number of fused-ring (bicyclic) bond motifs is 1. The molecule has 142 valence electrons. The van der Waals surface area contributed by atoms with Gasteiger partial charge in [-0.05, 0) is 48.4 Å². The Balaban J connectivity index is 1.90. The molecule has 2 aromatic carbocycles. The summed E-state index contributed by atoms with van der Waals surface area (Å²) >= 11 is 0. The molecule has 3 rings (SSSR count). The Morgan fingerprint density at radius 3 is 2.93 bits per heavy atom. The summed E-state index contributed by atoms with van der Waals surface area (Å²) in [6, 6.07) is 9.39. The fourth-order valence-electron chi connectivity index (χ4n) is 3.15. The summed E-state index contributed by atoms with van der Waals surface area (Å²) < 4.78 is 16.3. The van der Waals surface area contributed by atoms with Gasteiger partial charge in [-0.2, -0.15) is 0 Å². The van der Waals surface area contributed by atoms with Crippen LogP contribution in [0.1, 0.15) is 35.5 Å². The van der Waals surface area contributed by atoms with E-state index < -0.39 is 6.29 Å². The molecule has 1 atom stereocenters. The molecule has 1 unspecified atom stereocenters. The molecule has 0 radical (unpaired) electrons. The van der Waals surface area contributed by atoms with Crippen LogP contribution in [0.15, 0.2) is 36.4 Å². The van der Waals surface area contributed by atoms with Crippen LogP contribution < -0.4 is 20.6 Å². The summed E-state index contributed by atoms with van der Waals surface area (Å²) in [5.74, 6) is 1.34. The largest absolute Gasteiger partial charge is 0.495 e. The molecule has 0 saturated carbocycles. The van der Waals surface area contributed by atoms with Crippen LogP contribution in [-0.2, 0) is 11.2 Å². The number of benzene rings is 2. The van der Waals surface area contributed by atoms with E-state index in [0.717, 1.165) is 24.3 Å². The van der Waals surface area contributed by atoms with E-state index in [-0.39, 0.29) is 0 Å². The van der Waals surface area contributed by atoms with E-state index in [1.54, 1.807) is 25.1 Å². The molecule has 1 aliphatic rings. The summed E-state index contributed by atoms with van der Waals surface area (Å²) in [5, 5.41) is 16.5. The number of hydrogen-bond donors (Lipinski definition) is 3. The number of aliphatic hydroxyl groups is 1. The Bertz CT molecular complexity index is 877. The quantitative estimate of drug-likeness (QED) is 0.390. The Morgan fingerprint density at radius 1 is 1.37 bits per heavy atom. The van der Waals surface area contributed by atoms with E-state index in [4.69, 9.17) is 25.4 Å². The topological polar surface area (TPSA) is 99.5 Å². The second-order valence-electron chi connectivity index (χ2n) is 6.21. The van der Waals surface area contributed by atoms with Gasteiger partial charge in [-0.25, -0.2) is 0 Å². The first-order valence-corrected chi connectivity index (χ1v) is 8.87. The van der Waals surface area contributed by atoms with Crippen molar-refractivity contribution in [3.8, 4) is 11.5 Å². The van der Waals surface area contributed by atoms with Gasteiger partial charge in [0.2, 0.25) is 5.71 Å². The molecule has 0 bridgehead atoms. The van der Waals surface area contributed by atoms with Gasteiger partial charge in [0.25, 0.3) is 0 Å². The van der Waals surface area contributed by atoms with Gasteiger partial charge in [0.05, 0.1) is 19.3 Å². The maximum atomic E-state index is 10.2. The SMILES string of the molecule is CCOC(O)c1ccc(N)c(C(=[NH2+])/C=C/c2ccc3c(c2)CCO3)c1OC. The molecule has 0 spiro atoms. The van der Waals surface area contributed by atoms with E-state index in [1.807, 2.05) is 18.2 Å². The van der Waals surface area contributed by atoms with Gasteiger partial charge < -0.3 is 25.1 Å². The van der Waals surface area contributed by atoms with Gasteiger partial charge in [0.15, 0.2) is 6.29 Å². The standard InChI is InChI=1S/C21H24N2O4/c1-3-26-21(24)15-6-8-17(23)19(20(15)25-2)16(22)7-4-13-5-9-18-14(12-13)10-11-27-18/h4-9,12,21-22,24H,3,10-11,23H2,1-2H3/p+1/b7-4+,22-16?. The number of ether oxygens (including phenoxy) is 3. The van der Waals surface area contributed by atoms with Crippen LogP contribution in [0.3, 0.4) is 0 Å². The van der Waals surface area contributed by atoms with Crippen molar-refractivity contribution in [3.05, 3.63) is 58.7 Å². The second-order valence-corrected chi connectivity index (χ2v) is 6.21. The third kappa shape index (κ3) is 3.97. The van der Waals surface area contributed by atoms with E-state index in [0.29, 0.717) is 34.9 Å². The molecule has 5 N–H and O–H groups in total. The first kappa shape index (κ1) is 18.9. The Morgan fingerprint density at radius 2 is 2.19 bits per heavy atom. The monoisotopic (exact) mass is 369 g/mol. The minimum absolute atomic E-state index is 0.366. The maximum absolute atomic E-state index is 10.2. The van der Waals surface area contributed by atoms with Gasteiger partial charge in [0.1, 0.15) is 17.1 Å². The van der Waals surface area contributed by atoms with Crippen molar-refractivity contribution >= 4 is 17.5 Å². The van der Waals surface area contributed by atoms with Gasteiger partial charge in [-0.15, -0.1) is 0 Å². The van der Waals surface area contributed by atoms with Crippen molar-refractivity contribution in [1.82, 2.24) is 0 Å². The number of hydrogen-bond acceptors (Lipinski definition) is 5. The molecule has 0 aromatic heterocycles. The minimum atomic E-state index is -1.11. The number of anilines is 1. The molecule has 0 amide bonds. The molecule has 0 aliphatic carbocycles. The Hall–Kier alpha value is -2.83. The lowest BCUT2D eigenvalue weighted by Crippen LogP contribution is -2.39. The number of nitrogens with two attached hydrogens (primary N) is 2. The highest BCUT2D eigenvalue weighted by Crippen LogP contribution is 2.34. The Kier molecular flexibility index (Phi) is 5.78. The third-order valence-corrected chi connectivity index (χ3v) is 4.47. The van der Waals surface area contributed by atoms with Crippen molar-refractivity contribution in [2.45, 2.75) is 19.6 Å². The zero-order valence-corrected chi connectivity index (χ0v) is 15.6. The molecule has 1 heterocycles. The van der Waals surface area contributed by atoms with Crippen molar-refractivity contribution in [1.29, 1.82) is 0 Å². The zero-order chi connectivity index (χ0) is 19.4. The fourth-order valence-corrected chi connectivity index (χ4v) is 3.15. The highest BCUT2D eigenvalue weighted by molar-refractivity contribution is 6.12. The lowest BCUT2D eigenvalue weighted by molar-refractivity contribution is -0.111. The van der Waals surface area contributed by atoms with E-state index in [9.17, 15) is 5.11 Å². The molecule has 0 fully saturated rings. The number of allylic oxidation sites excluding steroid dienone is 1. The van der Waals surface area contributed by atoms with Crippen LogP contribution >= 0.6 is 0 Å². The van der Waals surface area contributed by atoms with Gasteiger partial charge in [0, 0.05) is 24.8 Å². The van der Waals surface area contributed by atoms with Crippen molar-refractivity contribution in [2.24, 2.45) is 0 Å². The van der Waals surface area contributed by atoms with Gasteiger partial charge >= 0.3 is 0 Å². The summed E-state index contributed by atoms with van der Waals surface area (Å²) in [5.41, 5.74) is 10.3. The third-order valence-electron chi connectivity index (χ3n) is 4.47. The van der Waals surface area contributed by atoms with Crippen LogP contribution in [0.25, 0.3) is 6.08 Å². The average Bonchev–Trinajstić information content (AvgIpc) is 3.13. The summed E-state index contributed by atoms with van der Waals surface area (Å²) in [4.78, 5) is 0. The predicted molar refractivity (Wildman–Crippen MR) is 105 cm³/mol. The molecule has 6 nitrogen and oxygen atoms in total. The summed E-state index contributed by atoms with van der Waals surface area (Å²) in [6.07, 6.45) is 3.49. The van der Waals surface area contributed by atoms with Crippen LogP contribution in [0.2, 0.25) is 0 Å². The fraction of sp³-hybridized carbons (Fsp3) is 0.286. The molecular formula is C21H25N2O4+. The minimum Gasteiger partial charge on any atom is -0.495 e. The number of nitrogen functional groups attached to an aromatic ring is 1. The first-order valence-electron chi connectivity index (χ1n) is 8.87. The highest BCUT2D eigenvalue weighted by Gasteiger charge is 2.23. The Labute approximate surface area is 158 Å². The van der Waals surface area contributed by atoms with Crippen molar-refractivity contribution in [3.63, 3.8) is 0 Å². The molecular weight excluding hydrogens is 344 g/mol. The van der Waals surface area contributed by atoms with E-state index in [1.165, 1.54) is 12.7 Å². The smallest absolute Gasteiger partial charge is 0.209 e. The van der Waals surface area contributed by atoms with Gasteiger partial charge in [-0.3, -0.25) is 5.41 Å². The lowest BCUT2D eigenvalue weighted by Gasteiger charge is -2.17. The van der Waals surface area contributed by atoms with Crippen LogP contribution in [0.4, 0.5) is 5.69 Å². The molecule has 0 saturated heterocycles. The lowest BCUT2D eigenvalue weighted by atomic mass is 10.0. The van der Waals surface area contributed by atoms with Crippen molar-refractivity contribution < 1.29 is 24.7 Å². The summed E-state index contributed by atoms with van der Waals surface area (Å²) in [7, 11) is 1.51. The van der Waals surface area contributed by atoms with Crippen molar-refractivity contribution in [2.75, 3.05) is 26.1 Å². The summed E-state index contributed by atoms with van der Waals surface area (Å²) in [6.45, 7) is 2.89. The van der Waals surface area contributed by atoms with E-state index >= 15 is 0 Å². The predicted octanol–water partition coefficient (Wildman–Crippen LogP) is 1.50. The zero-order valence-electron chi connectivity index (χ0n) is 15.6. The average molecular weight is 369 g/mol. The normalized spacial score (nSPS) is 14.0. The van der Waals surface area contributed by atoms with Crippen LogP contribution in [0, 0.1) is 0 Å². The first-order chi connectivity index (χ1) is 13.0. The van der Waals surface area contributed by atoms with Crippen LogP contribution in [0.5, 0.6) is 11.5 Å². The molecule has 2 aromatic rings. The van der Waals surface area contributed by atoms with E-state index in [2.05, 4.69) is 6.07 Å². The number of aliphatic hydroxyl groups excluding tert-OH is 1. The number of rotatable bonds is 7. The highest BCUT2D eigenvalue weighted by atomic mass is 16.6. The molecule has 6 heteroatoms. The van der Waals surface area contributed by atoms with Gasteiger partial charge in [-0.1, -0.05) is 6.07 Å². The maximum Gasteiger partial charge on any atom is 0.209 e. The van der Waals surface area contributed by atoms with Crippen LogP contribution in [-0.4, -0.2) is 31.1 Å². The number of methoxy groups -OCH3 is 1.